The van der Waals surface area contributed by atoms with Gasteiger partial charge in [-0.05, 0) is 64.5 Å². The number of nitrogens with one attached hydrogen (secondary N) is 1. The van der Waals surface area contributed by atoms with E-state index < -0.39 is 0 Å². The van der Waals surface area contributed by atoms with Crippen LogP contribution in [-0.4, -0.2) is 0 Å². The van der Waals surface area contributed by atoms with Crippen molar-refractivity contribution in [1.29, 1.82) is 0 Å². The topological polar surface area (TPSA) is 12.0 Å². The van der Waals surface area contributed by atoms with E-state index in [1.54, 1.807) is 0 Å². The Kier molecular flexibility index (Phi) is 4.70. The minimum Gasteiger partial charge on any atom is -0.355 e. The van der Waals surface area contributed by atoms with Gasteiger partial charge in [-0.2, -0.15) is 0 Å². The molecule has 0 radical (unpaired) electrons. The molecule has 134 valence electrons. The van der Waals surface area contributed by atoms with Crippen molar-refractivity contribution in [2.75, 3.05) is 5.32 Å². The minimum atomic E-state index is 0.174. The molecule has 2 aromatic carbocycles. The van der Waals surface area contributed by atoms with E-state index in [4.69, 9.17) is 0 Å². The highest BCUT2D eigenvalue weighted by molar-refractivity contribution is 5.71. The highest BCUT2D eigenvalue weighted by Gasteiger charge is 2.27. The molecule has 0 unspecified atom stereocenters. The van der Waals surface area contributed by atoms with Crippen molar-refractivity contribution in [2.45, 2.75) is 78.1 Å². The summed E-state index contributed by atoms with van der Waals surface area (Å²) in [7, 11) is 0. The van der Waals surface area contributed by atoms with E-state index in [0.717, 1.165) is 12.8 Å². The van der Waals surface area contributed by atoms with Crippen molar-refractivity contribution in [1.82, 2.24) is 0 Å². The Morgan fingerprint density at radius 2 is 1.32 bits per heavy atom. The fourth-order valence-electron chi connectivity index (χ4n) is 4.44. The van der Waals surface area contributed by atoms with Gasteiger partial charge in [-0.1, -0.05) is 72.2 Å². The molecule has 1 aliphatic rings. The lowest BCUT2D eigenvalue weighted by molar-refractivity contribution is 0.469. The molecule has 1 nitrogen and oxygen atoms in total. The Balaban J connectivity index is 2.08. The highest BCUT2D eigenvalue weighted by Crippen LogP contribution is 2.40. The summed E-state index contributed by atoms with van der Waals surface area (Å²) in [6.07, 6.45) is 4.68. The van der Waals surface area contributed by atoms with Crippen LogP contribution in [-0.2, 0) is 23.7 Å². The molecule has 0 saturated heterocycles. The Hall–Kier alpha value is -1.76. The van der Waals surface area contributed by atoms with Gasteiger partial charge in [-0.15, -0.1) is 0 Å². The zero-order valence-corrected chi connectivity index (χ0v) is 16.8. The van der Waals surface area contributed by atoms with Gasteiger partial charge in [-0.25, -0.2) is 0 Å². The van der Waals surface area contributed by atoms with Gasteiger partial charge in [0.05, 0.1) is 0 Å². The second kappa shape index (κ2) is 6.52. The lowest BCUT2D eigenvalue weighted by atomic mass is 9.77. The van der Waals surface area contributed by atoms with E-state index in [2.05, 4.69) is 83.3 Å². The van der Waals surface area contributed by atoms with Gasteiger partial charge in [0.2, 0.25) is 0 Å². The number of fused-ring (bicyclic) bond motifs is 2. The van der Waals surface area contributed by atoms with E-state index in [0.29, 0.717) is 0 Å². The van der Waals surface area contributed by atoms with E-state index >= 15 is 0 Å². The summed E-state index contributed by atoms with van der Waals surface area (Å²) in [6, 6.07) is 13.6. The molecule has 0 fully saturated rings. The van der Waals surface area contributed by atoms with Gasteiger partial charge < -0.3 is 5.32 Å². The maximum absolute atomic E-state index is 3.77. The lowest BCUT2D eigenvalue weighted by Crippen LogP contribution is -2.19. The first-order valence-corrected chi connectivity index (χ1v) is 9.76. The van der Waals surface area contributed by atoms with Gasteiger partial charge in [0.1, 0.15) is 0 Å². The Morgan fingerprint density at radius 3 is 1.84 bits per heavy atom. The second-order valence-corrected chi connectivity index (χ2v) is 9.17. The average molecular weight is 336 g/mol. The summed E-state index contributed by atoms with van der Waals surface area (Å²) in [5.41, 5.74) is 8.98. The molecule has 0 spiro atoms. The number of anilines is 2. The molecule has 25 heavy (non-hydrogen) atoms. The molecule has 1 heterocycles. The Labute approximate surface area is 153 Å². The quantitative estimate of drug-likeness (QED) is 0.643. The van der Waals surface area contributed by atoms with Crippen LogP contribution >= 0.6 is 0 Å². The molecule has 0 atom stereocenters. The minimum absolute atomic E-state index is 0.174. The monoisotopic (exact) mass is 335 g/mol. The maximum atomic E-state index is 3.77. The smallest absolute Gasteiger partial charge is 0.0419 e. The normalized spacial score (nSPS) is 14.3. The molecule has 2 aromatic rings. The largest absolute Gasteiger partial charge is 0.355 e. The maximum Gasteiger partial charge on any atom is 0.0419 e. The van der Waals surface area contributed by atoms with E-state index in [1.165, 1.54) is 46.5 Å². The third kappa shape index (κ3) is 3.47. The third-order valence-corrected chi connectivity index (χ3v) is 5.66. The van der Waals surface area contributed by atoms with Crippen molar-refractivity contribution in [3.05, 3.63) is 58.7 Å². The summed E-state index contributed by atoms with van der Waals surface area (Å²) in [5.74, 6) is 0. The SMILES string of the molecule is CCCC(C)(C)c1cccc2c1CCc1c(cccc1C(C)(C)C)N2. The molecular weight excluding hydrogens is 302 g/mol. The molecule has 3 rings (SSSR count). The fraction of sp³-hybridized carbons (Fsp3) is 0.500. The molecule has 0 amide bonds. The summed E-state index contributed by atoms with van der Waals surface area (Å²) < 4.78 is 0. The first-order chi connectivity index (χ1) is 11.7. The van der Waals surface area contributed by atoms with Crippen LogP contribution in [0, 0.1) is 0 Å². The number of benzene rings is 2. The van der Waals surface area contributed by atoms with Crippen molar-refractivity contribution in [3.8, 4) is 0 Å². The molecule has 1 N–H and O–H groups in total. The highest BCUT2D eigenvalue weighted by atomic mass is 14.9. The lowest BCUT2D eigenvalue weighted by Gasteiger charge is -2.28. The number of hydrogen-bond acceptors (Lipinski definition) is 1. The van der Waals surface area contributed by atoms with Gasteiger partial charge >= 0.3 is 0 Å². The molecule has 0 aromatic heterocycles. The predicted octanol–water partition coefficient (Wildman–Crippen LogP) is 6.90. The summed E-state index contributed by atoms with van der Waals surface area (Å²) in [4.78, 5) is 0. The van der Waals surface area contributed by atoms with Crippen LogP contribution in [0.1, 0.15) is 76.6 Å². The molecule has 0 aliphatic carbocycles. The van der Waals surface area contributed by atoms with Crippen molar-refractivity contribution < 1.29 is 0 Å². The van der Waals surface area contributed by atoms with Gasteiger partial charge in [-0.3, -0.25) is 0 Å². The summed E-state index contributed by atoms with van der Waals surface area (Å²) in [5, 5.41) is 3.77. The fourth-order valence-corrected chi connectivity index (χ4v) is 4.44. The molecule has 1 aliphatic heterocycles. The Bertz CT molecular complexity index is 762. The molecule has 0 saturated carbocycles. The predicted molar refractivity (Wildman–Crippen MR) is 110 cm³/mol. The van der Waals surface area contributed by atoms with E-state index in [1.807, 2.05) is 0 Å². The van der Waals surface area contributed by atoms with Gasteiger partial charge in [0.15, 0.2) is 0 Å². The second-order valence-electron chi connectivity index (χ2n) is 9.17. The number of rotatable bonds is 3. The summed E-state index contributed by atoms with van der Waals surface area (Å²) in [6.45, 7) is 14.0. The van der Waals surface area contributed by atoms with Crippen molar-refractivity contribution >= 4 is 11.4 Å². The number of hydrogen-bond donors (Lipinski definition) is 1. The Morgan fingerprint density at radius 1 is 0.800 bits per heavy atom. The van der Waals surface area contributed by atoms with Crippen molar-refractivity contribution in [3.63, 3.8) is 0 Å². The standard InChI is InChI=1S/C24H33N/c1-7-16-24(5,6)20-11-9-13-22-18(20)15-14-17-19(23(2,3)4)10-8-12-21(17)25-22/h8-13,25H,7,14-16H2,1-6H3. The zero-order chi connectivity index (χ0) is 18.2. The third-order valence-electron chi connectivity index (χ3n) is 5.66. The van der Waals surface area contributed by atoms with Crippen molar-refractivity contribution in [2.24, 2.45) is 0 Å². The van der Waals surface area contributed by atoms with Crippen LogP contribution in [0.4, 0.5) is 11.4 Å². The van der Waals surface area contributed by atoms with E-state index in [-0.39, 0.29) is 10.8 Å². The van der Waals surface area contributed by atoms with Gasteiger partial charge in [0.25, 0.3) is 0 Å². The van der Waals surface area contributed by atoms with Crippen LogP contribution < -0.4 is 5.32 Å². The van der Waals surface area contributed by atoms with Crippen LogP contribution in [0.3, 0.4) is 0 Å². The first kappa shape index (κ1) is 18.0. The molecule has 1 heteroatoms. The zero-order valence-electron chi connectivity index (χ0n) is 16.8. The summed E-state index contributed by atoms with van der Waals surface area (Å²) >= 11 is 0. The van der Waals surface area contributed by atoms with E-state index in [9.17, 15) is 0 Å². The average Bonchev–Trinajstić information content (AvgIpc) is 2.72. The molecule has 0 bridgehead atoms. The van der Waals surface area contributed by atoms with Gasteiger partial charge in [0, 0.05) is 11.4 Å². The molecular formula is C24H33N. The van der Waals surface area contributed by atoms with Crippen LogP contribution in [0.15, 0.2) is 36.4 Å². The first-order valence-electron chi connectivity index (χ1n) is 9.76. The van der Waals surface area contributed by atoms with Crippen LogP contribution in [0.5, 0.6) is 0 Å². The van der Waals surface area contributed by atoms with Crippen LogP contribution in [0.2, 0.25) is 0 Å². The van der Waals surface area contributed by atoms with Crippen LogP contribution in [0.25, 0.3) is 0 Å².